The Kier molecular flexibility index (Phi) is 2.28. The number of halogens is 1. The van der Waals surface area contributed by atoms with E-state index in [0.29, 0.717) is 0 Å². The van der Waals surface area contributed by atoms with Gasteiger partial charge in [-0.15, -0.1) is 11.6 Å². The molecular formula is C12H13ClN2O. The van der Waals surface area contributed by atoms with Crippen molar-refractivity contribution in [3.63, 3.8) is 0 Å². The van der Waals surface area contributed by atoms with Crippen molar-refractivity contribution in [3.05, 3.63) is 34.2 Å². The number of aromatic amines is 2. The van der Waals surface area contributed by atoms with Crippen LogP contribution in [-0.2, 0) is 0 Å². The molecule has 0 amide bonds. The molecule has 16 heavy (non-hydrogen) atoms. The molecule has 2 aromatic rings. The molecule has 4 heteroatoms. The number of aromatic nitrogens is 2. The van der Waals surface area contributed by atoms with Crippen LogP contribution in [0.2, 0.25) is 0 Å². The summed E-state index contributed by atoms with van der Waals surface area (Å²) >= 11 is 6.35. The summed E-state index contributed by atoms with van der Waals surface area (Å²) < 4.78 is 0. The second-order valence-corrected chi connectivity index (χ2v) is 5.06. The van der Waals surface area contributed by atoms with Gasteiger partial charge in [0.05, 0.1) is 16.4 Å². The summed E-state index contributed by atoms with van der Waals surface area (Å²) in [5, 5.41) is 0.0651. The average Bonchev–Trinajstić information content (AvgIpc) is 2.96. The lowest BCUT2D eigenvalue weighted by atomic mass is 10.1. The zero-order chi connectivity index (χ0) is 11.1. The first-order valence-electron chi connectivity index (χ1n) is 5.58. The van der Waals surface area contributed by atoms with E-state index < -0.39 is 0 Å². The number of benzene rings is 1. The minimum Gasteiger partial charge on any atom is -0.306 e. The molecule has 1 saturated carbocycles. The van der Waals surface area contributed by atoms with Gasteiger partial charge in [-0.3, -0.25) is 0 Å². The van der Waals surface area contributed by atoms with Crippen LogP contribution in [0.3, 0.4) is 0 Å². The highest BCUT2D eigenvalue weighted by Gasteiger charge is 2.25. The molecule has 1 fully saturated rings. The molecule has 0 aliphatic heterocycles. The molecule has 1 aromatic heterocycles. The third-order valence-corrected chi connectivity index (χ3v) is 3.57. The fraction of sp³-hybridized carbons (Fsp3) is 0.417. The monoisotopic (exact) mass is 236 g/mol. The van der Waals surface area contributed by atoms with Gasteiger partial charge in [-0.25, -0.2) is 4.79 Å². The van der Waals surface area contributed by atoms with Crippen LogP contribution in [0.15, 0.2) is 23.0 Å². The maximum absolute atomic E-state index is 11.1. The van der Waals surface area contributed by atoms with E-state index in [9.17, 15) is 4.79 Å². The number of rotatable bonds is 3. The lowest BCUT2D eigenvalue weighted by Gasteiger charge is -2.08. The van der Waals surface area contributed by atoms with Gasteiger partial charge in [-0.05, 0) is 30.0 Å². The zero-order valence-corrected chi connectivity index (χ0v) is 9.55. The van der Waals surface area contributed by atoms with Gasteiger partial charge < -0.3 is 9.97 Å². The Morgan fingerprint density at radius 1 is 1.31 bits per heavy atom. The van der Waals surface area contributed by atoms with Crippen molar-refractivity contribution < 1.29 is 0 Å². The van der Waals surface area contributed by atoms with E-state index in [1.807, 2.05) is 18.2 Å². The van der Waals surface area contributed by atoms with Crippen molar-refractivity contribution in [1.29, 1.82) is 0 Å². The highest BCUT2D eigenvalue weighted by atomic mass is 35.5. The Morgan fingerprint density at radius 2 is 2.06 bits per heavy atom. The smallest absolute Gasteiger partial charge is 0.306 e. The van der Waals surface area contributed by atoms with Gasteiger partial charge in [0.15, 0.2) is 0 Å². The molecule has 1 aromatic carbocycles. The molecule has 3 nitrogen and oxygen atoms in total. The van der Waals surface area contributed by atoms with Crippen LogP contribution in [0.5, 0.6) is 0 Å². The maximum Gasteiger partial charge on any atom is 0.323 e. The van der Waals surface area contributed by atoms with Crippen molar-refractivity contribution in [2.24, 2.45) is 5.92 Å². The third kappa shape index (κ3) is 1.87. The molecule has 1 aliphatic carbocycles. The number of nitrogens with one attached hydrogen (secondary N) is 2. The first-order valence-corrected chi connectivity index (χ1v) is 6.02. The van der Waals surface area contributed by atoms with Crippen molar-refractivity contribution >= 4 is 22.6 Å². The van der Waals surface area contributed by atoms with Gasteiger partial charge in [-0.2, -0.15) is 0 Å². The number of hydrogen-bond acceptors (Lipinski definition) is 1. The van der Waals surface area contributed by atoms with Crippen molar-refractivity contribution in [2.45, 2.75) is 24.6 Å². The fourth-order valence-corrected chi connectivity index (χ4v) is 2.41. The fourth-order valence-electron chi connectivity index (χ4n) is 2.03. The van der Waals surface area contributed by atoms with Gasteiger partial charge in [0.25, 0.3) is 0 Å². The summed E-state index contributed by atoms with van der Waals surface area (Å²) in [6.45, 7) is 0. The van der Waals surface area contributed by atoms with Crippen LogP contribution < -0.4 is 5.69 Å². The second-order valence-electron chi connectivity index (χ2n) is 4.53. The van der Waals surface area contributed by atoms with Gasteiger partial charge in [-0.1, -0.05) is 18.9 Å². The molecule has 2 N–H and O–H groups in total. The molecule has 1 aliphatic rings. The molecule has 0 saturated heterocycles. The number of imidazole rings is 1. The Hall–Kier alpha value is -1.22. The summed E-state index contributed by atoms with van der Waals surface area (Å²) in [7, 11) is 0. The summed E-state index contributed by atoms with van der Waals surface area (Å²) in [4.78, 5) is 16.6. The number of hydrogen-bond donors (Lipinski definition) is 2. The van der Waals surface area contributed by atoms with E-state index in [4.69, 9.17) is 11.6 Å². The van der Waals surface area contributed by atoms with E-state index >= 15 is 0 Å². The molecule has 84 valence electrons. The topological polar surface area (TPSA) is 48.6 Å². The van der Waals surface area contributed by atoms with Crippen LogP contribution in [0.1, 0.15) is 30.2 Å². The first-order chi connectivity index (χ1) is 7.72. The third-order valence-electron chi connectivity index (χ3n) is 3.14. The molecule has 1 heterocycles. The Bertz CT molecular complexity index is 568. The summed E-state index contributed by atoms with van der Waals surface area (Å²) in [5.74, 6) is 0.809. The minimum atomic E-state index is -0.166. The Labute approximate surface area is 97.8 Å². The number of fused-ring (bicyclic) bond motifs is 1. The summed E-state index contributed by atoms with van der Waals surface area (Å²) in [6.07, 6.45) is 3.67. The highest BCUT2D eigenvalue weighted by Crippen LogP contribution is 2.40. The van der Waals surface area contributed by atoms with E-state index in [2.05, 4.69) is 9.97 Å². The minimum absolute atomic E-state index is 0.0651. The molecule has 0 spiro atoms. The largest absolute Gasteiger partial charge is 0.323 e. The van der Waals surface area contributed by atoms with E-state index in [-0.39, 0.29) is 11.1 Å². The van der Waals surface area contributed by atoms with Crippen LogP contribution in [0, 0.1) is 5.92 Å². The molecule has 0 radical (unpaired) electrons. The average molecular weight is 237 g/mol. The van der Waals surface area contributed by atoms with Crippen LogP contribution in [0.4, 0.5) is 0 Å². The SMILES string of the molecule is O=c1[nH]c2ccc(C(Cl)CC3CC3)cc2[nH]1. The summed E-state index contributed by atoms with van der Waals surface area (Å²) in [6, 6.07) is 5.87. The molecule has 0 bridgehead atoms. The summed E-state index contributed by atoms with van der Waals surface area (Å²) in [5.41, 5.74) is 2.60. The van der Waals surface area contributed by atoms with Crippen molar-refractivity contribution in [1.82, 2.24) is 9.97 Å². The van der Waals surface area contributed by atoms with Crippen LogP contribution in [0.25, 0.3) is 11.0 Å². The zero-order valence-electron chi connectivity index (χ0n) is 8.79. The van der Waals surface area contributed by atoms with E-state index in [1.54, 1.807) is 0 Å². The first kappa shape index (κ1) is 9.97. The molecule has 1 unspecified atom stereocenters. The normalized spacial score (nSPS) is 17.8. The van der Waals surface area contributed by atoms with Crippen LogP contribution >= 0.6 is 11.6 Å². The van der Waals surface area contributed by atoms with Crippen LogP contribution in [-0.4, -0.2) is 9.97 Å². The van der Waals surface area contributed by atoms with Gasteiger partial charge in [0.2, 0.25) is 0 Å². The second kappa shape index (κ2) is 3.67. The van der Waals surface area contributed by atoms with Crippen molar-refractivity contribution in [3.8, 4) is 0 Å². The van der Waals surface area contributed by atoms with Gasteiger partial charge in [0.1, 0.15) is 0 Å². The number of H-pyrrole nitrogens is 2. The Balaban J connectivity index is 1.93. The lowest BCUT2D eigenvalue weighted by Crippen LogP contribution is -1.99. The quantitative estimate of drug-likeness (QED) is 0.791. The molecular weight excluding hydrogens is 224 g/mol. The Morgan fingerprint density at radius 3 is 2.81 bits per heavy atom. The molecule has 1 atom stereocenters. The van der Waals surface area contributed by atoms with E-state index in [0.717, 1.165) is 28.9 Å². The molecule has 3 rings (SSSR count). The number of alkyl halides is 1. The highest BCUT2D eigenvalue weighted by molar-refractivity contribution is 6.20. The lowest BCUT2D eigenvalue weighted by molar-refractivity contribution is 0.707. The predicted octanol–water partition coefficient (Wildman–Crippen LogP) is 2.94. The maximum atomic E-state index is 11.1. The standard InChI is InChI=1S/C12H13ClN2O/c13-9(5-7-1-2-7)8-3-4-10-11(6-8)15-12(16)14-10/h3-4,6-7,9H,1-2,5H2,(H2,14,15,16). The van der Waals surface area contributed by atoms with Gasteiger partial charge in [0, 0.05) is 0 Å². The predicted molar refractivity (Wildman–Crippen MR) is 64.9 cm³/mol. The van der Waals surface area contributed by atoms with Gasteiger partial charge >= 0.3 is 5.69 Å². The van der Waals surface area contributed by atoms with Crippen molar-refractivity contribution in [2.75, 3.05) is 0 Å². The van der Waals surface area contributed by atoms with E-state index in [1.165, 1.54) is 12.8 Å².